The number of hydrogen-bond acceptors (Lipinski definition) is 4. The maximum atomic E-state index is 13.0. The monoisotopic (exact) mass is 394 g/mol. The summed E-state index contributed by atoms with van der Waals surface area (Å²) in [5.41, 5.74) is 0.923. The van der Waals surface area contributed by atoms with Crippen LogP contribution in [0.3, 0.4) is 0 Å². The summed E-state index contributed by atoms with van der Waals surface area (Å²) >= 11 is 1.50. The van der Waals surface area contributed by atoms with Crippen molar-refractivity contribution < 1.29 is 17.6 Å². The number of rotatable bonds is 6. The van der Waals surface area contributed by atoms with E-state index in [1.54, 1.807) is 18.2 Å². The summed E-state index contributed by atoms with van der Waals surface area (Å²) in [5, 5.41) is 2.69. The molecule has 0 unspecified atom stereocenters. The summed E-state index contributed by atoms with van der Waals surface area (Å²) in [5.74, 6) is -0.350. The van der Waals surface area contributed by atoms with E-state index in [0.29, 0.717) is 19.5 Å². The van der Waals surface area contributed by atoms with Gasteiger partial charge >= 0.3 is 0 Å². The minimum atomic E-state index is -3.12. The fourth-order valence-electron chi connectivity index (χ4n) is 2.67. The van der Waals surface area contributed by atoms with Crippen LogP contribution in [0.1, 0.15) is 11.3 Å². The van der Waals surface area contributed by atoms with Gasteiger partial charge in [-0.1, -0.05) is 12.1 Å². The predicted molar refractivity (Wildman–Crippen MR) is 102 cm³/mol. The van der Waals surface area contributed by atoms with Crippen LogP contribution in [-0.4, -0.2) is 44.0 Å². The molecular formula is C18H19FN2O3S2. The molecule has 1 aromatic heterocycles. The van der Waals surface area contributed by atoms with Gasteiger partial charge in [0, 0.05) is 35.5 Å². The van der Waals surface area contributed by atoms with Crippen LogP contribution in [0.25, 0.3) is 16.5 Å². The average Bonchev–Trinajstić information content (AvgIpc) is 3.20. The Morgan fingerprint density at radius 2 is 2.00 bits per heavy atom. The van der Waals surface area contributed by atoms with Crippen molar-refractivity contribution in [1.82, 2.24) is 9.62 Å². The van der Waals surface area contributed by atoms with E-state index in [1.165, 1.54) is 33.9 Å². The summed E-state index contributed by atoms with van der Waals surface area (Å²) in [7, 11) is -3.12. The second-order valence-electron chi connectivity index (χ2n) is 5.90. The van der Waals surface area contributed by atoms with Gasteiger partial charge in [-0.3, -0.25) is 4.79 Å². The van der Waals surface area contributed by atoms with Gasteiger partial charge in [0.1, 0.15) is 5.82 Å². The summed E-state index contributed by atoms with van der Waals surface area (Å²) in [6.07, 6.45) is 3.78. The van der Waals surface area contributed by atoms with Crippen molar-refractivity contribution in [3.63, 3.8) is 0 Å². The Hall–Kier alpha value is -2.03. The zero-order valence-electron chi connectivity index (χ0n) is 14.0. The lowest BCUT2D eigenvalue weighted by Gasteiger charge is -2.13. The van der Waals surface area contributed by atoms with Crippen molar-refractivity contribution in [2.75, 3.05) is 25.4 Å². The Bertz CT molecular complexity index is 905. The average molecular weight is 394 g/mol. The van der Waals surface area contributed by atoms with Gasteiger partial charge in [-0.15, -0.1) is 11.3 Å². The maximum Gasteiger partial charge on any atom is 0.244 e. The first-order valence-electron chi connectivity index (χ1n) is 8.23. The third kappa shape index (κ3) is 4.78. The van der Waals surface area contributed by atoms with Crippen LogP contribution in [0.4, 0.5) is 4.39 Å². The Balaban J connectivity index is 1.50. The number of benzene rings is 1. The molecule has 0 saturated carbocycles. The van der Waals surface area contributed by atoms with Gasteiger partial charge in [0.2, 0.25) is 15.9 Å². The number of thiophene rings is 1. The molecule has 0 atom stereocenters. The Morgan fingerprint density at radius 3 is 2.69 bits per heavy atom. The van der Waals surface area contributed by atoms with Gasteiger partial charge in [0.15, 0.2) is 0 Å². The smallest absolute Gasteiger partial charge is 0.244 e. The van der Waals surface area contributed by atoms with Crippen LogP contribution in [0, 0.1) is 5.82 Å². The normalized spacial score (nSPS) is 17.0. The van der Waals surface area contributed by atoms with Gasteiger partial charge in [0.25, 0.3) is 0 Å². The molecule has 26 heavy (non-hydrogen) atoms. The Morgan fingerprint density at radius 1 is 1.23 bits per heavy atom. The topological polar surface area (TPSA) is 66.5 Å². The van der Waals surface area contributed by atoms with E-state index < -0.39 is 10.0 Å². The lowest BCUT2D eigenvalue weighted by Crippen LogP contribution is -2.35. The molecule has 0 bridgehead atoms. The second-order valence-corrected chi connectivity index (χ2v) is 9.11. The van der Waals surface area contributed by atoms with Crippen LogP contribution < -0.4 is 5.32 Å². The first-order valence-corrected chi connectivity index (χ1v) is 10.7. The molecule has 0 radical (unpaired) electrons. The molecule has 5 nitrogen and oxygen atoms in total. The van der Waals surface area contributed by atoms with Crippen LogP contribution in [0.5, 0.6) is 0 Å². The van der Waals surface area contributed by atoms with E-state index in [9.17, 15) is 17.6 Å². The Kier molecular flexibility index (Phi) is 5.85. The fourth-order valence-corrected chi connectivity index (χ4v) is 5.12. The molecule has 1 fully saturated rings. The standard InChI is InChI=1S/C18H19FN2O3S2/c19-15-4-2-14(3-5-15)17-8-6-16(25-17)7-9-18(22)20-10-12-21-11-1-13-26(21,23)24/h2-9H,1,10-13H2,(H,20,22). The summed E-state index contributed by atoms with van der Waals surface area (Å²) in [6, 6.07) is 10.1. The van der Waals surface area contributed by atoms with E-state index in [2.05, 4.69) is 5.32 Å². The molecule has 1 N–H and O–H groups in total. The highest BCUT2D eigenvalue weighted by atomic mass is 32.2. The van der Waals surface area contributed by atoms with E-state index in [-0.39, 0.29) is 24.0 Å². The summed E-state index contributed by atoms with van der Waals surface area (Å²) in [4.78, 5) is 13.8. The first-order chi connectivity index (χ1) is 12.4. The third-order valence-corrected chi connectivity index (χ3v) is 7.07. The lowest BCUT2D eigenvalue weighted by atomic mass is 10.2. The van der Waals surface area contributed by atoms with E-state index in [1.807, 2.05) is 12.1 Å². The van der Waals surface area contributed by atoms with Crippen LogP contribution in [0.2, 0.25) is 0 Å². The molecule has 1 saturated heterocycles. The van der Waals surface area contributed by atoms with Gasteiger partial charge < -0.3 is 5.32 Å². The molecule has 1 aliphatic rings. The quantitative estimate of drug-likeness (QED) is 0.766. The minimum absolute atomic E-state index is 0.190. The lowest BCUT2D eigenvalue weighted by molar-refractivity contribution is -0.116. The second kappa shape index (κ2) is 8.11. The van der Waals surface area contributed by atoms with Crippen molar-refractivity contribution >= 4 is 33.3 Å². The number of nitrogens with one attached hydrogen (secondary N) is 1. The molecule has 138 valence electrons. The highest BCUT2D eigenvalue weighted by Crippen LogP contribution is 2.28. The van der Waals surface area contributed by atoms with Crippen LogP contribution in [0.15, 0.2) is 42.5 Å². The predicted octanol–water partition coefficient (Wildman–Crippen LogP) is 2.72. The van der Waals surface area contributed by atoms with E-state index in [0.717, 1.165) is 15.3 Å². The minimum Gasteiger partial charge on any atom is -0.351 e. The number of nitrogens with zero attached hydrogens (tertiary/aromatic N) is 1. The van der Waals surface area contributed by atoms with Crippen molar-refractivity contribution in [3.05, 3.63) is 53.2 Å². The zero-order valence-corrected chi connectivity index (χ0v) is 15.7. The number of hydrogen-bond donors (Lipinski definition) is 1. The summed E-state index contributed by atoms with van der Waals surface area (Å²) in [6.45, 7) is 1.11. The third-order valence-electron chi connectivity index (χ3n) is 4.02. The SMILES string of the molecule is O=C(C=Cc1ccc(-c2ccc(F)cc2)s1)NCCN1CCCS1(=O)=O. The highest BCUT2D eigenvalue weighted by Gasteiger charge is 2.27. The molecule has 1 aromatic carbocycles. The molecular weight excluding hydrogens is 375 g/mol. The number of sulfonamides is 1. The van der Waals surface area contributed by atoms with Crippen molar-refractivity contribution in [1.29, 1.82) is 0 Å². The number of amides is 1. The Labute approximate surface area is 156 Å². The zero-order chi connectivity index (χ0) is 18.6. The molecule has 0 aliphatic carbocycles. The molecule has 0 spiro atoms. The molecule has 2 aromatic rings. The maximum absolute atomic E-state index is 13.0. The summed E-state index contributed by atoms with van der Waals surface area (Å²) < 4.78 is 37.7. The molecule has 1 aliphatic heterocycles. The van der Waals surface area contributed by atoms with Gasteiger partial charge in [0.05, 0.1) is 5.75 Å². The molecule has 1 amide bonds. The number of halogens is 1. The van der Waals surface area contributed by atoms with Gasteiger partial charge in [-0.25, -0.2) is 17.1 Å². The van der Waals surface area contributed by atoms with Crippen LogP contribution >= 0.6 is 11.3 Å². The van der Waals surface area contributed by atoms with Gasteiger partial charge in [-0.05, 0) is 42.3 Å². The molecule has 8 heteroatoms. The van der Waals surface area contributed by atoms with Crippen molar-refractivity contribution in [2.24, 2.45) is 0 Å². The first kappa shape index (κ1) is 18.8. The molecule has 3 rings (SSSR count). The van der Waals surface area contributed by atoms with E-state index >= 15 is 0 Å². The van der Waals surface area contributed by atoms with Crippen LogP contribution in [-0.2, 0) is 14.8 Å². The molecule has 2 heterocycles. The van der Waals surface area contributed by atoms with Crippen molar-refractivity contribution in [3.8, 4) is 10.4 Å². The fraction of sp³-hybridized carbons (Fsp3) is 0.278. The van der Waals surface area contributed by atoms with Gasteiger partial charge in [-0.2, -0.15) is 0 Å². The number of carbonyl (C=O) groups is 1. The van der Waals surface area contributed by atoms with E-state index in [4.69, 9.17) is 0 Å². The van der Waals surface area contributed by atoms with Crippen molar-refractivity contribution in [2.45, 2.75) is 6.42 Å². The highest BCUT2D eigenvalue weighted by molar-refractivity contribution is 7.89. The largest absolute Gasteiger partial charge is 0.351 e. The number of carbonyl (C=O) groups excluding carboxylic acids is 1.